The summed E-state index contributed by atoms with van der Waals surface area (Å²) < 4.78 is 30.9. The van der Waals surface area contributed by atoms with Crippen molar-refractivity contribution in [3.05, 3.63) is 59.2 Å². The summed E-state index contributed by atoms with van der Waals surface area (Å²) in [6.45, 7) is 0. The molecule has 1 heterocycles. The van der Waals surface area contributed by atoms with Crippen LogP contribution in [-0.4, -0.2) is 25.0 Å². The molecule has 2 N–H and O–H groups in total. The van der Waals surface area contributed by atoms with Gasteiger partial charge < -0.3 is 5.32 Å². The van der Waals surface area contributed by atoms with Gasteiger partial charge in [-0.2, -0.15) is 4.37 Å². The average Bonchev–Trinajstić information content (AvgIpc) is 3.01. The number of sulfonamides is 1. The van der Waals surface area contributed by atoms with Gasteiger partial charge in [0.05, 0.1) is 17.0 Å². The molecule has 0 aliphatic rings. The Balaban J connectivity index is 1.76. The van der Waals surface area contributed by atoms with E-state index in [1.165, 1.54) is 11.5 Å². The molecule has 0 aliphatic heterocycles. The van der Waals surface area contributed by atoms with Crippen molar-refractivity contribution in [2.75, 3.05) is 11.6 Å². The summed E-state index contributed by atoms with van der Waals surface area (Å²) in [7, 11) is -3.49. The number of carbonyl (C=O) groups excluding carboxylic acids is 1. The van der Waals surface area contributed by atoms with Crippen LogP contribution in [0.2, 0.25) is 5.02 Å². The first kappa shape index (κ1) is 18.8. The van der Waals surface area contributed by atoms with Gasteiger partial charge in [0.2, 0.25) is 15.9 Å². The second kappa shape index (κ2) is 7.71. The lowest BCUT2D eigenvalue weighted by Gasteiger charge is -2.18. The highest BCUT2D eigenvalue weighted by atomic mass is 35.5. The van der Waals surface area contributed by atoms with E-state index in [0.717, 1.165) is 16.3 Å². The molecule has 1 amide bonds. The number of nitrogens with one attached hydrogen (secondary N) is 2. The maximum Gasteiger partial charge on any atom is 0.226 e. The summed E-state index contributed by atoms with van der Waals surface area (Å²) in [5.41, 5.74) is 1.30. The molecule has 0 unspecified atom stereocenters. The van der Waals surface area contributed by atoms with Crippen LogP contribution in [0.25, 0.3) is 10.1 Å². The number of amides is 1. The lowest BCUT2D eigenvalue weighted by Crippen LogP contribution is -2.30. The van der Waals surface area contributed by atoms with Crippen LogP contribution in [0.15, 0.2) is 48.7 Å². The Morgan fingerprint density at radius 3 is 2.65 bits per heavy atom. The summed E-state index contributed by atoms with van der Waals surface area (Å²) in [4.78, 5) is 12.4. The fourth-order valence-electron chi connectivity index (χ4n) is 2.53. The van der Waals surface area contributed by atoms with Crippen molar-refractivity contribution in [3.8, 4) is 0 Å². The summed E-state index contributed by atoms with van der Waals surface area (Å²) >= 11 is 7.26. The Morgan fingerprint density at radius 2 is 1.96 bits per heavy atom. The van der Waals surface area contributed by atoms with Gasteiger partial charge in [0.15, 0.2) is 0 Å². The highest BCUT2D eigenvalue weighted by Crippen LogP contribution is 2.24. The molecule has 9 heteroatoms. The summed E-state index contributed by atoms with van der Waals surface area (Å²) in [6, 6.07) is 11.5. The zero-order valence-electron chi connectivity index (χ0n) is 13.8. The molecule has 136 valence electrons. The lowest BCUT2D eigenvalue weighted by molar-refractivity contribution is -0.116. The predicted octanol–water partition coefficient (Wildman–Crippen LogP) is 3.57. The highest BCUT2D eigenvalue weighted by molar-refractivity contribution is 7.88. The monoisotopic (exact) mass is 409 g/mol. The zero-order chi connectivity index (χ0) is 18.7. The van der Waals surface area contributed by atoms with E-state index in [1.807, 2.05) is 12.1 Å². The molecule has 0 fully saturated rings. The van der Waals surface area contributed by atoms with E-state index in [0.29, 0.717) is 16.3 Å². The minimum Gasteiger partial charge on any atom is -0.326 e. The molecule has 1 aromatic heterocycles. The molecule has 2 aromatic carbocycles. The van der Waals surface area contributed by atoms with E-state index < -0.39 is 16.1 Å². The number of benzene rings is 2. The number of halogens is 1. The maximum absolute atomic E-state index is 12.4. The van der Waals surface area contributed by atoms with Gasteiger partial charge >= 0.3 is 0 Å². The number of rotatable bonds is 6. The first-order valence-corrected chi connectivity index (χ1v) is 10.7. The number of anilines is 1. The fraction of sp³-hybridized carbons (Fsp3) is 0.176. The van der Waals surface area contributed by atoms with Crippen molar-refractivity contribution in [1.29, 1.82) is 0 Å². The van der Waals surface area contributed by atoms with Gasteiger partial charge in [-0.05, 0) is 47.4 Å². The molecule has 0 spiro atoms. The molecule has 3 aromatic rings. The van der Waals surface area contributed by atoms with Crippen LogP contribution in [0.3, 0.4) is 0 Å². The van der Waals surface area contributed by atoms with Crippen molar-refractivity contribution in [1.82, 2.24) is 9.10 Å². The number of fused-ring (bicyclic) bond motifs is 1. The Morgan fingerprint density at radius 1 is 1.23 bits per heavy atom. The van der Waals surface area contributed by atoms with Crippen molar-refractivity contribution in [2.24, 2.45) is 0 Å². The second-order valence-electron chi connectivity index (χ2n) is 5.82. The van der Waals surface area contributed by atoms with Crippen LogP contribution in [0.1, 0.15) is 18.0 Å². The molecule has 26 heavy (non-hydrogen) atoms. The SMILES string of the molecule is CS(=O)(=O)N[C@@H](CC(=O)Nc1ccc2sncc2c1)c1ccc(Cl)cc1. The molecule has 1 atom stereocenters. The van der Waals surface area contributed by atoms with Gasteiger partial charge in [-0.1, -0.05) is 23.7 Å². The lowest BCUT2D eigenvalue weighted by atomic mass is 10.0. The Bertz CT molecular complexity index is 1030. The zero-order valence-corrected chi connectivity index (χ0v) is 16.2. The third-order valence-electron chi connectivity index (χ3n) is 3.65. The minimum atomic E-state index is -3.49. The maximum atomic E-state index is 12.4. The van der Waals surface area contributed by atoms with Crippen molar-refractivity contribution >= 4 is 54.8 Å². The van der Waals surface area contributed by atoms with Crippen LogP contribution in [0, 0.1) is 0 Å². The predicted molar refractivity (Wildman–Crippen MR) is 105 cm³/mol. The van der Waals surface area contributed by atoms with Gasteiger partial charge in [-0.25, -0.2) is 13.1 Å². The number of carbonyl (C=O) groups is 1. The first-order chi connectivity index (χ1) is 12.3. The number of nitrogens with zero attached hydrogens (tertiary/aromatic N) is 1. The Labute approximate surface area is 160 Å². The fourth-order valence-corrected chi connectivity index (χ4v) is 4.02. The van der Waals surface area contributed by atoms with E-state index in [1.54, 1.807) is 36.5 Å². The van der Waals surface area contributed by atoms with Crippen molar-refractivity contribution in [2.45, 2.75) is 12.5 Å². The van der Waals surface area contributed by atoms with Crippen LogP contribution in [0.5, 0.6) is 0 Å². The van der Waals surface area contributed by atoms with Gasteiger partial charge in [-0.3, -0.25) is 4.79 Å². The summed E-state index contributed by atoms with van der Waals surface area (Å²) in [6.07, 6.45) is 2.75. The Kier molecular flexibility index (Phi) is 5.57. The van der Waals surface area contributed by atoms with Crippen molar-refractivity contribution in [3.63, 3.8) is 0 Å². The van der Waals surface area contributed by atoms with Gasteiger partial charge in [0, 0.05) is 28.7 Å². The highest BCUT2D eigenvalue weighted by Gasteiger charge is 2.20. The normalized spacial score (nSPS) is 12.8. The molecule has 3 rings (SSSR count). The van der Waals surface area contributed by atoms with Crippen molar-refractivity contribution < 1.29 is 13.2 Å². The summed E-state index contributed by atoms with van der Waals surface area (Å²) in [5, 5.41) is 4.28. The summed E-state index contributed by atoms with van der Waals surface area (Å²) in [5.74, 6) is -0.302. The molecular weight excluding hydrogens is 394 g/mol. The van der Waals surface area contributed by atoms with E-state index in [9.17, 15) is 13.2 Å². The molecule has 6 nitrogen and oxygen atoms in total. The smallest absolute Gasteiger partial charge is 0.226 e. The molecule has 0 saturated carbocycles. The standard InChI is InChI=1S/C17H16ClN3O3S2/c1-26(23,24)21-15(11-2-4-13(18)5-3-11)9-17(22)20-14-6-7-16-12(8-14)10-19-25-16/h2-8,10,15,21H,9H2,1H3,(H,20,22)/t15-/m0/s1. The molecule has 0 saturated heterocycles. The van der Waals surface area contributed by atoms with Gasteiger partial charge in [0.25, 0.3) is 0 Å². The molecule has 0 aliphatic carbocycles. The Hall–Kier alpha value is -2.00. The van der Waals surface area contributed by atoms with Crippen LogP contribution in [-0.2, 0) is 14.8 Å². The molecular formula is C17H16ClN3O3S2. The van der Waals surface area contributed by atoms with Crippen LogP contribution >= 0.6 is 23.1 Å². The number of aromatic nitrogens is 1. The van der Waals surface area contributed by atoms with Crippen LogP contribution in [0.4, 0.5) is 5.69 Å². The number of hydrogen-bond acceptors (Lipinski definition) is 5. The van der Waals surface area contributed by atoms with Gasteiger partial charge in [0.1, 0.15) is 0 Å². The average molecular weight is 410 g/mol. The number of hydrogen-bond donors (Lipinski definition) is 2. The topological polar surface area (TPSA) is 88.2 Å². The minimum absolute atomic E-state index is 0.0470. The van der Waals surface area contributed by atoms with E-state index in [2.05, 4.69) is 14.4 Å². The second-order valence-corrected chi connectivity index (χ2v) is 8.87. The van der Waals surface area contributed by atoms with E-state index in [4.69, 9.17) is 11.6 Å². The third-order valence-corrected chi connectivity index (χ3v) is 5.40. The molecule has 0 radical (unpaired) electrons. The van der Waals surface area contributed by atoms with E-state index >= 15 is 0 Å². The van der Waals surface area contributed by atoms with Crippen LogP contribution < -0.4 is 10.0 Å². The van der Waals surface area contributed by atoms with E-state index in [-0.39, 0.29) is 12.3 Å². The third kappa shape index (κ3) is 5.01. The largest absolute Gasteiger partial charge is 0.326 e. The first-order valence-electron chi connectivity index (χ1n) is 7.67. The van der Waals surface area contributed by atoms with Gasteiger partial charge in [-0.15, -0.1) is 0 Å². The molecule has 0 bridgehead atoms. The quantitative estimate of drug-likeness (QED) is 0.651.